The summed E-state index contributed by atoms with van der Waals surface area (Å²) in [5.74, 6) is 5.76. The van der Waals surface area contributed by atoms with E-state index in [1.807, 2.05) is 30.1 Å². The van der Waals surface area contributed by atoms with Crippen LogP contribution in [-0.4, -0.2) is 20.0 Å². The zero-order valence-corrected chi connectivity index (χ0v) is 12.3. The first-order valence-electron chi connectivity index (χ1n) is 7.01. The Morgan fingerprint density at radius 2 is 2.15 bits per heavy atom. The predicted octanol–water partition coefficient (Wildman–Crippen LogP) is 1.51. The minimum atomic E-state index is -0.107. The summed E-state index contributed by atoms with van der Waals surface area (Å²) in [6, 6.07) is 1.93. The van der Waals surface area contributed by atoms with Gasteiger partial charge in [-0.2, -0.15) is 15.3 Å². The van der Waals surface area contributed by atoms with Crippen molar-refractivity contribution in [1.29, 1.82) is 0 Å². The highest BCUT2D eigenvalue weighted by Crippen LogP contribution is 2.23. The smallest absolute Gasteiger partial charge is 0.0759 e. The van der Waals surface area contributed by atoms with Gasteiger partial charge in [-0.3, -0.25) is 10.5 Å². The van der Waals surface area contributed by atoms with E-state index in [0.29, 0.717) is 0 Å². The molecule has 0 spiro atoms. The van der Waals surface area contributed by atoms with Gasteiger partial charge in [0.1, 0.15) is 0 Å². The maximum absolute atomic E-state index is 5.76. The Morgan fingerprint density at radius 1 is 1.35 bits per heavy atom. The molecule has 0 bridgehead atoms. The molecule has 20 heavy (non-hydrogen) atoms. The van der Waals surface area contributed by atoms with Gasteiger partial charge in [0.2, 0.25) is 0 Å². The maximum Gasteiger partial charge on any atom is 0.0759 e. The summed E-state index contributed by atoms with van der Waals surface area (Å²) < 4.78 is 1.94. The normalized spacial score (nSPS) is 12.6. The lowest BCUT2D eigenvalue weighted by Crippen LogP contribution is -2.30. The molecule has 2 aromatic rings. The van der Waals surface area contributed by atoms with Gasteiger partial charge in [0.15, 0.2) is 0 Å². The van der Waals surface area contributed by atoms with Crippen LogP contribution in [0.3, 0.4) is 0 Å². The molecular weight excluding hydrogens is 252 g/mol. The van der Waals surface area contributed by atoms with Crippen molar-refractivity contribution in [3.63, 3.8) is 0 Å². The topological polar surface area (TPSA) is 81.7 Å². The number of aromatic nitrogens is 4. The Morgan fingerprint density at radius 3 is 2.80 bits per heavy atom. The van der Waals surface area contributed by atoms with Crippen LogP contribution in [0, 0.1) is 6.92 Å². The van der Waals surface area contributed by atoms with Gasteiger partial charge < -0.3 is 0 Å². The van der Waals surface area contributed by atoms with E-state index in [-0.39, 0.29) is 6.04 Å². The lowest BCUT2D eigenvalue weighted by Gasteiger charge is -2.17. The van der Waals surface area contributed by atoms with Crippen molar-refractivity contribution >= 4 is 0 Å². The average molecular weight is 274 g/mol. The molecule has 0 aromatic carbocycles. The molecule has 0 saturated carbocycles. The van der Waals surface area contributed by atoms with E-state index in [1.54, 1.807) is 0 Å². The standard InChI is InChI=1S/C14H22N6/c1-4-6-20-9-11(8-16-20)14(17-15)12-7-10(3)18-19-13(12)5-2/h7-9,14,17H,4-6,15H2,1-3H3. The third-order valence-corrected chi connectivity index (χ3v) is 3.28. The maximum atomic E-state index is 5.76. The fourth-order valence-electron chi connectivity index (χ4n) is 2.30. The number of hydrogen-bond acceptors (Lipinski definition) is 5. The van der Waals surface area contributed by atoms with Crippen molar-refractivity contribution in [2.24, 2.45) is 5.84 Å². The van der Waals surface area contributed by atoms with E-state index in [2.05, 4.69) is 34.6 Å². The molecular formula is C14H22N6. The summed E-state index contributed by atoms with van der Waals surface area (Å²) in [4.78, 5) is 0. The highest BCUT2D eigenvalue weighted by molar-refractivity contribution is 5.32. The monoisotopic (exact) mass is 274 g/mol. The van der Waals surface area contributed by atoms with Gasteiger partial charge in [-0.25, -0.2) is 5.43 Å². The van der Waals surface area contributed by atoms with Crippen molar-refractivity contribution in [3.05, 3.63) is 41.0 Å². The SMILES string of the molecule is CCCn1cc(C(NN)c2cc(C)nnc2CC)cn1. The van der Waals surface area contributed by atoms with Crippen molar-refractivity contribution in [3.8, 4) is 0 Å². The van der Waals surface area contributed by atoms with E-state index in [0.717, 1.165) is 41.9 Å². The van der Waals surface area contributed by atoms with E-state index in [1.165, 1.54) is 0 Å². The molecule has 0 fully saturated rings. The first-order valence-corrected chi connectivity index (χ1v) is 7.01. The number of nitrogens with zero attached hydrogens (tertiary/aromatic N) is 4. The summed E-state index contributed by atoms with van der Waals surface area (Å²) in [7, 11) is 0. The van der Waals surface area contributed by atoms with E-state index < -0.39 is 0 Å². The Hall–Kier alpha value is -1.79. The zero-order valence-electron chi connectivity index (χ0n) is 12.3. The molecule has 0 aliphatic carbocycles. The molecule has 2 heterocycles. The fraction of sp³-hybridized carbons (Fsp3) is 0.500. The van der Waals surface area contributed by atoms with Crippen LogP contribution in [0.5, 0.6) is 0 Å². The van der Waals surface area contributed by atoms with E-state index in [9.17, 15) is 0 Å². The number of hydrazine groups is 1. The largest absolute Gasteiger partial charge is 0.272 e. The van der Waals surface area contributed by atoms with Gasteiger partial charge in [0, 0.05) is 23.9 Å². The molecule has 1 atom stereocenters. The minimum absolute atomic E-state index is 0.107. The predicted molar refractivity (Wildman–Crippen MR) is 77.8 cm³/mol. The minimum Gasteiger partial charge on any atom is -0.272 e. The highest BCUT2D eigenvalue weighted by atomic mass is 15.3. The molecule has 2 rings (SSSR count). The number of rotatable bonds is 6. The van der Waals surface area contributed by atoms with Crippen LogP contribution in [0.1, 0.15) is 48.8 Å². The van der Waals surface area contributed by atoms with Gasteiger partial charge in [0.25, 0.3) is 0 Å². The first-order chi connectivity index (χ1) is 9.69. The number of nitrogens with two attached hydrogens (primary N) is 1. The molecule has 0 amide bonds. The molecule has 3 N–H and O–H groups in total. The zero-order chi connectivity index (χ0) is 14.5. The van der Waals surface area contributed by atoms with Crippen LogP contribution in [0.15, 0.2) is 18.5 Å². The molecule has 6 heteroatoms. The van der Waals surface area contributed by atoms with E-state index >= 15 is 0 Å². The van der Waals surface area contributed by atoms with Crippen LogP contribution in [0.4, 0.5) is 0 Å². The van der Waals surface area contributed by atoms with Crippen LogP contribution in [0.2, 0.25) is 0 Å². The van der Waals surface area contributed by atoms with Crippen LogP contribution in [-0.2, 0) is 13.0 Å². The summed E-state index contributed by atoms with van der Waals surface area (Å²) >= 11 is 0. The summed E-state index contributed by atoms with van der Waals surface area (Å²) in [6.45, 7) is 7.04. The molecule has 0 aliphatic rings. The first kappa shape index (κ1) is 14.6. The van der Waals surface area contributed by atoms with Crippen LogP contribution in [0.25, 0.3) is 0 Å². The lowest BCUT2D eigenvalue weighted by molar-refractivity contribution is 0.596. The molecule has 0 saturated heterocycles. The molecule has 108 valence electrons. The number of nitrogens with one attached hydrogen (secondary N) is 1. The average Bonchev–Trinajstić information content (AvgIpc) is 2.89. The Labute approximate surface area is 119 Å². The number of hydrogen-bond donors (Lipinski definition) is 2. The lowest BCUT2D eigenvalue weighted by atomic mass is 9.99. The molecule has 1 unspecified atom stereocenters. The van der Waals surface area contributed by atoms with Crippen LogP contribution < -0.4 is 11.3 Å². The van der Waals surface area contributed by atoms with Crippen molar-refractivity contribution < 1.29 is 0 Å². The second-order valence-corrected chi connectivity index (χ2v) is 4.88. The Kier molecular flexibility index (Phi) is 4.81. The van der Waals surface area contributed by atoms with Gasteiger partial charge in [-0.15, -0.1) is 0 Å². The summed E-state index contributed by atoms with van der Waals surface area (Å²) in [6.07, 6.45) is 5.76. The highest BCUT2D eigenvalue weighted by Gasteiger charge is 2.19. The molecule has 2 aromatic heterocycles. The van der Waals surface area contributed by atoms with Crippen molar-refractivity contribution in [2.45, 2.75) is 46.2 Å². The molecule has 0 aliphatic heterocycles. The Balaban J connectivity index is 2.38. The van der Waals surface area contributed by atoms with E-state index in [4.69, 9.17) is 5.84 Å². The second kappa shape index (κ2) is 6.58. The molecule has 0 radical (unpaired) electrons. The fourth-order valence-corrected chi connectivity index (χ4v) is 2.30. The van der Waals surface area contributed by atoms with Crippen LogP contribution >= 0.6 is 0 Å². The third kappa shape index (κ3) is 3.02. The Bertz CT molecular complexity index is 563. The summed E-state index contributed by atoms with van der Waals surface area (Å²) in [5, 5.41) is 12.7. The van der Waals surface area contributed by atoms with Gasteiger partial charge in [-0.05, 0) is 25.8 Å². The summed E-state index contributed by atoms with van der Waals surface area (Å²) in [5.41, 5.74) is 6.83. The van der Waals surface area contributed by atoms with Gasteiger partial charge in [0.05, 0.1) is 23.6 Å². The van der Waals surface area contributed by atoms with Gasteiger partial charge in [-0.1, -0.05) is 13.8 Å². The second-order valence-electron chi connectivity index (χ2n) is 4.88. The van der Waals surface area contributed by atoms with Gasteiger partial charge >= 0.3 is 0 Å². The third-order valence-electron chi connectivity index (χ3n) is 3.28. The number of aryl methyl sites for hydroxylation is 3. The van der Waals surface area contributed by atoms with Crippen molar-refractivity contribution in [1.82, 2.24) is 25.4 Å². The van der Waals surface area contributed by atoms with Crippen molar-refractivity contribution in [2.75, 3.05) is 0 Å². The molecule has 6 nitrogen and oxygen atoms in total. The quantitative estimate of drug-likeness (QED) is 0.616.